The molecule has 1 N–H and O–H groups in total. The van der Waals surface area contributed by atoms with E-state index in [1.807, 2.05) is 30.3 Å². The number of fused-ring (bicyclic) bond motifs is 1. The summed E-state index contributed by atoms with van der Waals surface area (Å²) >= 11 is 0. The summed E-state index contributed by atoms with van der Waals surface area (Å²) in [7, 11) is -3.56. The molecular formula is C24H27N3O4S. The molecule has 168 valence electrons. The van der Waals surface area contributed by atoms with Crippen molar-refractivity contribution in [3.05, 3.63) is 66.4 Å². The van der Waals surface area contributed by atoms with Crippen LogP contribution in [0, 0.1) is 0 Å². The van der Waals surface area contributed by atoms with Crippen LogP contribution in [0.25, 0.3) is 10.8 Å². The molecule has 1 aliphatic heterocycles. The van der Waals surface area contributed by atoms with Crippen LogP contribution in [0.2, 0.25) is 0 Å². The summed E-state index contributed by atoms with van der Waals surface area (Å²) in [6.45, 7) is 3.01. The number of benzene rings is 2. The van der Waals surface area contributed by atoms with Gasteiger partial charge in [0.05, 0.1) is 17.1 Å². The molecule has 1 aromatic heterocycles. The van der Waals surface area contributed by atoms with Gasteiger partial charge in [0.1, 0.15) is 5.82 Å². The molecule has 1 saturated heterocycles. The van der Waals surface area contributed by atoms with Gasteiger partial charge < -0.3 is 10.1 Å². The van der Waals surface area contributed by atoms with Crippen LogP contribution in [0.1, 0.15) is 36.5 Å². The molecule has 4 rings (SSSR count). The number of ether oxygens (including phenoxy) is 1. The third-order valence-corrected chi connectivity index (χ3v) is 7.57. The van der Waals surface area contributed by atoms with Gasteiger partial charge >= 0.3 is 5.97 Å². The van der Waals surface area contributed by atoms with E-state index in [-0.39, 0.29) is 6.04 Å². The monoisotopic (exact) mass is 453 g/mol. The Labute approximate surface area is 188 Å². The molecule has 0 spiro atoms. The van der Waals surface area contributed by atoms with E-state index in [0.717, 1.165) is 23.6 Å². The Morgan fingerprint density at radius 2 is 1.91 bits per heavy atom. The largest absolute Gasteiger partial charge is 0.462 e. The first-order valence-corrected chi connectivity index (χ1v) is 12.3. The van der Waals surface area contributed by atoms with Crippen molar-refractivity contribution in [2.45, 2.75) is 37.1 Å². The summed E-state index contributed by atoms with van der Waals surface area (Å²) in [5.74, 6) is 0.268. The predicted molar refractivity (Wildman–Crippen MR) is 124 cm³/mol. The van der Waals surface area contributed by atoms with Crippen molar-refractivity contribution in [2.24, 2.45) is 0 Å². The van der Waals surface area contributed by atoms with Crippen LogP contribution in [0.15, 0.2) is 65.7 Å². The molecule has 0 aliphatic carbocycles. The van der Waals surface area contributed by atoms with Crippen molar-refractivity contribution in [2.75, 3.05) is 25.0 Å². The van der Waals surface area contributed by atoms with Crippen LogP contribution >= 0.6 is 0 Å². The fourth-order valence-corrected chi connectivity index (χ4v) is 5.48. The Hall–Kier alpha value is -2.97. The maximum atomic E-state index is 13.3. The molecule has 2 aromatic carbocycles. The van der Waals surface area contributed by atoms with Gasteiger partial charge in [-0.05, 0) is 61.2 Å². The number of hydrogen-bond donors (Lipinski definition) is 1. The fraction of sp³-hybridized carbons (Fsp3) is 0.333. The summed E-state index contributed by atoms with van der Waals surface area (Å²) in [4.78, 5) is 16.4. The SMILES string of the molecule is CCOC(=O)c1ccc(NC2CCCN(S(=O)(=O)c3ccc4ccccc4c3)CC2)nc1. The van der Waals surface area contributed by atoms with Gasteiger partial charge in [-0.1, -0.05) is 30.3 Å². The molecule has 0 radical (unpaired) electrons. The number of rotatable bonds is 6. The molecule has 1 unspecified atom stereocenters. The molecule has 1 aliphatic rings. The van der Waals surface area contributed by atoms with E-state index in [2.05, 4.69) is 10.3 Å². The number of aromatic nitrogens is 1. The molecule has 32 heavy (non-hydrogen) atoms. The third kappa shape index (κ3) is 4.92. The molecule has 1 atom stereocenters. The zero-order valence-corrected chi connectivity index (χ0v) is 18.8. The lowest BCUT2D eigenvalue weighted by molar-refractivity contribution is 0.0526. The zero-order chi connectivity index (χ0) is 22.6. The number of carbonyl (C=O) groups excluding carboxylic acids is 1. The Morgan fingerprint density at radius 3 is 2.66 bits per heavy atom. The summed E-state index contributed by atoms with van der Waals surface area (Å²) in [5.41, 5.74) is 0.408. The number of anilines is 1. The van der Waals surface area contributed by atoms with Crippen molar-refractivity contribution in [3.63, 3.8) is 0 Å². The predicted octanol–water partition coefficient (Wildman–Crippen LogP) is 4.07. The third-order valence-electron chi connectivity index (χ3n) is 5.67. The highest BCUT2D eigenvalue weighted by Gasteiger charge is 2.28. The van der Waals surface area contributed by atoms with Gasteiger partial charge in [-0.2, -0.15) is 4.31 Å². The number of nitrogens with zero attached hydrogens (tertiary/aromatic N) is 2. The lowest BCUT2D eigenvalue weighted by Gasteiger charge is -2.21. The second-order valence-electron chi connectivity index (χ2n) is 7.84. The lowest BCUT2D eigenvalue weighted by Crippen LogP contribution is -2.32. The van der Waals surface area contributed by atoms with E-state index < -0.39 is 16.0 Å². The average molecular weight is 454 g/mol. The fourth-order valence-electron chi connectivity index (χ4n) is 3.96. The maximum absolute atomic E-state index is 13.3. The van der Waals surface area contributed by atoms with Crippen molar-refractivity contribution in [1.29, 1.82) is 0 Å². The van der Waals surface area contributed by atoms with Crippen LogP contribution in [0.3, 0.4) is 0 Å². The Balaban J connectivity index is 1.41. The molecule has 1 fully saturated rings. The van der Waals surface area contributed by atoms with E-state index in [1.54, 1.807) is 35.5 Å². The van der Waals surface area contributed by atoms with E-state index in [0.29, 0.717) is 42.4 Å². The number of nitrogens with one attached hydrogen (secondary N) is 1. The van der Waals surface area contributed by atoms with E-state index in [9.17, 15) is 13.2 Å². The molecule has 3 aromatic rings. The van der Waals surface area contributed by atoms with Crippen LogP contribution in [-0.2, 0) is 14.8 Å². The number of esters is 1. The van der Waals surface area contributed by atoms with Crippen LogP contribution in [-0.4, -0.2) is 49.4 Å². The first-order chi connectivity index (χ1) is 15.5. The van der Waals surface area contributed by atoms with Crippen molar-refractivity contribution < 1.29 is 17.9 Å². The summed E-state index contributed by atoms with van der Waals surface area (Å²) in [6, 6.07) is 16.6. The average Bonchev–Trinajstić information content (AvgIpc) is 3.05. The van der Waals surface area contributed by atoms with Gasteiger partial charge in [0.15, 0.2) is 0 Å². The van der Waals surface area contributed by atoms with Gasteiger partial charge in [0, 0.05) is 25.3 Å². The smallest absolute Gasteiger partial charge is 0.339 e. The van der Waals surface area contributed by atoms with E-state index in [1.165, 1.54) is 6.20 Å². The highest BCUT2D eigenvalue weighted by molar-refractivity contribution is 7.89. The van der Waals surface area contributed by atoms with Gasteiger partial charge in [-0.3, -0.25) is 0 Å². The molecular weight excluding hydrogens is 426 g/mol. The molecule has 2 heterocycles. The minimum atomic E-state index is -3.56. The molecule has 8 heteroatoms. The molecule has 0 saturated carbocycles. The van der Waals surface area contributed by atoms with Crippen LogP contribution in [0.5, 0.6) is 0 Å². The first kappa shape index (κ1) is 22.2. The van der Waals surface area contributed by atoms with Gasteiger partial charge in [0.2, 0.25) is 10.0 Å². The van der Waals surface area contributed by atoms with E-state index >= 15 is 0 Å². The standard InChI is InChI=1S/C24H27N3O4S/c1-2-31-24(28)20-10-12-23(25-17-20)26-21-8-5-14-27(15-13-21)32(29,30)22-11-9-18-6-3-4-7-19(18)16-22/h3-4,6-7,9-12,16-17,21H,2,5,8,13-15H2,1H3,(H,25,26). The van der Waals surface area contributed by atoms with Gasteiger partial charge in [-0.25, -0.2) is 18.2 Å². The van der Waals surface area contributed by atoms with E-state index in [4.69, 9.17) is 4.74 Å². The highest BCUT2D eigenvalue weighted by atomic mass is 32.2. The summed E-state index contributed by atoms with van der Waals surface area (Å²) in [6.07, 6.45) is 3.76. The number of carbonyl (C=O) groups is 1. The maximum Gasteiger partial charge on any atom is 0.339 e. The zero-order valence-electron chi connectivity index (χ0n) is 18.0. The normalized spacial score (nSPS) is 17.6. The topological polar surface area (TPSA) is 88.6 Å². The van der Waals surface area contributed by atoms with Crippen molar-refractivity contribution in [1.82, 2.24) is 9.29 Å². The van der Waals surface area contributed by atoms with Gasteiger partial charge in [-0.15, -0.1) is 0 Å². The Bertz CT molecular complexity index is 1200. The minimum Gasteiger partial charge on any atom is -0.462 e. The Morgan fingerprint density at radius 1 is 1.09 bits per heavy atom. The quantitative estimate of drug-likeness (QED) is 0.566. The number of sulfonamides is 1. The number of pyridine rings is 1. The van der Waals surface area contributed by atoms with Gasteiger partial charge in [0.25, 0.3) is 0 Å². The molecule has 7 nitrogen and oxygen atoms in total. The second-order valence-corrected chi connectivity index (χ2v) is 9.78. The van der Waals surface area contributed by atoms with Crippen molar-refractivity contribution in [3.8, 4) is 0 Å². The highest BCUT2D eigenvalue weighted by Crippen LogP contribution is 2.25. The number of hydrogen-bond acceptors (Lipinski definition) is 6. The van der Waals surface area contributed by atoms with Crippen LogP contribution < -0.4 is 5.32 Å². The molecule has 0 bridgehead atoms. The minimum absolute atomic E-state index is 0.104. The Kier molecular flexibility index (Phi) is 6.72. The lowest BCUT2D eigenvalue weighted by atomic mass is 10.1. The van der Waals surface area contributed by atoms with Crippen molar-refractivity contribution >= 4 is 32.6 Å². The first-order valence-electron chi connectivity index (χ1n) is 10.9. The summed E-state index contributed by atoms with van der Waals surface area (Å²) < 4.78 is 33.1. The van der Waals surface area contributed by atoms with Crippen LogP contribution in [0.4, 0.5) is 5.82 Å². The second kappa shape index (κ2) is 9.67. The molecule has 0 amide bonds. The summed E-state index contributed by atoms with van der Waals surface area (Å²) in [5, 5.41) is 5.31.